The molecule has 0 unspecified atom stereocenters. The van der Waals surface area contributed by atoms with Crippen molar-refractivity contribution in [2.75, 3.05) is 0 Å². The van der Waals surface area contributed by atoms with E-state index in [9.17, 15) is 0 Å². The summed E-state index contributed by atoms with van der Waals surface area (Å²) in [6, 6.07) is 9.35. The van der Waals surface area contributed by atoms with E-state index < -0.39 is 0 Å². The van der Waals surface area contributed by atoms with Gasteiger partial charge in [-0.15, -0.1) is 0 Å². The second-order valence-electron chi connectivity index (χ2n) is 4.44. The first-order valence-electron chi connectivity index (χ1n) is 5.97. The first-order valence-corrected chi connectivity index (χ1v) is 8.80. The molecule has 0 radical (unpaired) electrons. The fourth-order valence-electron chi connectivity index (χ4n) is 1.62. The van der Waals surface area contributed by atoms with Gasteiger partial charge in [0.2, 0.25) is 0 Å². The summed E-state index contributed by atoms with van der Waals surface area (Å²) in [6.45, 7) is 8.77. The fourth-order valence-corrected chi connectivity index (χ4v) is 4.26. The zero-order valence-corrected chi connectivity index (χ0v) is 13.7. The van der Waals surface area contributed by atoms with Crippen LogP contribution < -0.4 is 10.4 Å². The average molecular weight is 247 g/mol. The van der Waals surface area contributed by atoms with Gasteiger partial charge >= 0.3 is 0 Å². The Labute approximate surface area is 104 Å². The molecule has 0 fully saturated rings. The van der Waals surface area contributed by atoms with E-state index in [-0.39, 0.29) is 19.0 Å². The lowest BCUT2D eigenvalue weighted by molar-refractivity contribution is 1.57. The summed E-state index contributed by atoms with van der Waals surface area (Å²) >= 11 is 0. The smallest absolute Gasteiger partial charge is 0.0816 e. The van der Waals surface area contributed by atoms with Crippen molar-refractivity contribution in [3.63, 3.8) is 0 Å². The second kappa shape index (κ2) is 6.66. The van der Waals surface area contributed by atoms with Crippen molar-refractivity contribution in [2.45, 2.75) is 27.7 Å². The maximum atomic E-state index is 2.34. The first kappa shape index (κ1) is 13.2. The van der Waals surface area contributed by atoms with Gasteiger partial charge in [0.25, 0.3) is 0 Å². The zero-order chi connectivity index (χ0) is 12.0. The van der Waals surface area contributed by atoms with Gasteiger partial charge in [-0.1, -0.05) is 57.2 Å². The van der Waals surface area contributed by atoms with Crippen LogP contribution in [0.1, 0.15) is 27.7 Å². The number of benzene rings is 1. The van der Waals surface area contributed by atoms with E-state index >= 15 is 0 Å². The van der Waals surface area contributed by atoms with Gasteiger partial charge in [-0.2, -0.15) is 0 Å². The molecule has 0 saturated heterocycles. The van der Waals surface area contributed by atoms with E-state index in [1.807, 2.05) is 0 Å². The summed E-state index contributed by atoms with van der Waals surface area (Å²) in [4.78, 5) is 0. The van der Waals surface area contributed by atoms with E-state index in [1.165, 1.54) is 0 Å². The number of rotatable bonds is 4. The van der Waals surface area contributed by atoms with Crippen molar-refractivity contribution in [3.8, 4) is 0 Å². The van der Waals surface area contributed by atoms with E-state index in [2.05, 4.69) is 64.1 Å². The number of allylic oxidation sites excluding steroid dienone is 4. The van der Waals surface area contributed by atoms with Crippen LogP contribution in [-0.4, -0.2) is 19.0 Å². The SMILES string of the molecule is CC=C(C)[SiH2]c1ccc([SiH2]C(C)=CC)cc1. The fraction of sp³-hybridized carbons (Fsp3) is 0.286. The third-order valence-corrected chi connectivity index (χ3v) is 6.67. The van der Waals surface area contributed by atoms with Gasteiger partial charge in [0, 0.05) is 0 Å². The molecular weight excluding hydrogens is 224 g/mol. The van der Waals surface area contributed by atoms with E-state index in [4.69, 9.17) is 0 Å². The Morgan fingerprint density at radius 1 is 0.812 bits per heavy atom. The molecule has 0 aliphatic rings. The van der Waals surface area contributed by atoms with Gasteiger partial charge in [0.15, 0.2) is 0 Å². The molecule has 1 rings (SSSR count). The van der Waals surface area contributed by atoms with Crippen LogP contribution in [0.25, 0.3) is 0 Å². The van der Waals surface area contributed by atoms with Gasteiger partial charge in [0.05, 0.1) is 19.0 Å². The summed E-state index contributed by atoms with van der Waals surface area (Å²) in [5.41, 5.74) is 0. The molecule has 1 aromatic rings. The number of hydrogen-bond acceptors (Lipinski definition) is 0. The monoisotopic (exact) mass is 246 g/mol. The van der Waals surface area contributed by atoms with Crippen molar-refractivity contribution in [2.24, 2.45) is 0 Å². The lowest BCUT2D eigenvalue weighted by Gasteiger charge is -2.04. The van der Waals surface area contributed by atoms with Crippen molar-refractivity contribution in [1.82, 2.24) is 0 Å². The maximum absolute atomic E-state index is 2.34. The molecule has 16 heavy (non-hydrogen) atoms. The quantitative estimate of drug-likeness (QED) is 0.699. The Morgan fingerprint density at radius 3 is 1.38 bits per heavy atom. The van der Waals surface area contributed by atoms with Gasteiger partial charge in [-0.25, -0.2) is 0 Å². The maximum Gasteiger partial charge on any atom is 0.0816 e. The average Bonchev–Trinajstić information content (AvgIpc) is 2.31. The summed E-state index contributed by atoms with van der Waals surface area (Å²) in [6.07, 6.45) is 4.50. The highest BCUT2D eigenvalue weighted by molar-refractivity contribution is 6.62. The van der Waals surface area contributed by atoms with Crippen LogP contribution in [-0.2, 0) is 0 Å². The Balaban J connectivity index is 2.68. The molecule has 0 saturated carbocycles. The molecule has 2 heteroatoms. The second-order valence-corrected chi connectivity index (χ2v) is 9.01. The molecule has 0 nitrogen and oxygen atoms in total. The van der Waals surface area contributed by atoms with Crippen LogP contribution in [0.3, 0.4) is 0 Å². The highest BCUT2D eigenvalue weighted by atomic mass is 28.2. The topological polar surface area (TPSA) is 0 Å². The summed E-state index contributed by atoms with van der Waals surface area (Å²) in [7, 11) is -0.347. The minimum atomic E-state index is -0.173. The molecule has 0 spiro atoms. The molecular formula is C14H22Si2. The van der Waals surface area contributed by atoms with Crippen molar-refractivity contribution < 1.29 is 0 Å². The summed E-state index contributed by atoms with van der Waals surface area (Å²) in [5, 5.41) is 6.28. The predicted molar refractivity (Wildman–Crippen MR) is 81.7 cm³/mol. The highest BCUT2D eigenvalue weighted by Crippen LogP contribution is 1.92. The van der Waals surface area contributed by atoms with Gasteiger partial charge in [-0.05, 0) is 27.7 Å². The van der Waals surface area contributed by atoms with E-state index in [0.29, 0.717) is 0 Å². The molecule has 0 amide bonds. The molecule has 0 heterocycles. The number of hydrogen-bond donors (Lipinski definition) is 0. The van der Waals surface area contributed by atoms with Crippen molar-refractivity contribution >= 4 is 29.4 Å². The molecule has 86 valence electrons. The van der Waals surface area contributed by atoms with Gasteiger partial charge < -0.3 is 0 Å². The molecule has 0 atom stereocenters. The van der Waals surface area contributed by atoms with Gasteiger partial charge in [0.1, 0.15) is 0 Å². The Hall–Kier alpha value is -0.866. The molecule has 1 aromatic carbocycles. The summed E-state index contributed by atoms with van der Waals surface area (Å²) < 4.78 is 0. The standard InChI is InChI=1S/C14H22Si2/c1-5-11(3)15-13-7-9-14(10-8-13)16-12(4)6-2/h5-10H,15-16H2,1-4H3. The Bertz CT molecular complexity index is 347. The molecule has 0 aliphatic carbocycles. The third kappa shape index (κ3) is 4.33. The lowest BCUT2D eigenvalue weighted by Crippen LogP contribution is -2.21. The van der Waals surface area contributed by atoms with Crippen molar-refractivity contribution in [1.29, 1.82) is 0 Å². The van der Waals surface area contributed by atoms with Crippen LogP contribution in [0.4, 0.5) is 0 Å². The molecule has 0 bridgehead atoms. The van der Waals surface area contributed by atoms with Crippen LogP contribution in [0.15, 0.2) is 46.8 Å². The largest absolute Gasteiger partial charge is 0.0928 e. The molecule has 0 N–H and O–H groups in total. The highest BCUT2D eigenvalue weighted by Gasteiger charge is 1.98. The minimum absolute atomic E-state index is 0.173. The normalized spacial score (nSPS) is 14.5. The lowest BCUT2D eigenvalue weighted by atomic mass is 10.4. The van der Waals surface area contributed by atoms with Crippen LogP contribution in [0, 0.1) is 0 Å². The Kier molecular flexibility index (Phi) is 5.49. The minimum Gasteiger partial charge on any atom is -0.0928 e. The van der Waals surface area contributed by atoms with Crippen LogP contribution in [0.2, 0.25) is 0 Å². The molecule has 0 aliphatic heterocycles. The van der Waals surface area contributed by atoms with Crippen LogP contribution in [0.5, 0.6) is 0 Å². The van der Waals surface area contributed by atoms with E-state index in [1.54, 1.807) is 20.8 Å². The zero-order valence-electron chi connectivity index (χ0n) is 10.9. The van der Waals surface area contributed by atoms with Gasteiger partial charge in [-0.3, -0.25) is 0 Å². The summed E-state index contributed by atoms with van der Waals surface area (Å²) in [5.74, 6) is 0. The van der Waals surface area contributed by atoms with E-state index in [0.717, 1.165) is 0 Å². The predicted octanol–water partition coefficient (Wildman–Crippen LogP) is 1.12. The first-order chi connectivity index (χ1) is 7.65. The van der Waals surface area contributed by atoms with Crippen molar-refractivity contribution in [3.05, 3.63) is 46.8 Å². The Morgan fingerprint density at radius 2 is 1.12 bits per heavy atom. The van der Waals surface area contributed by atoms with Crippen LogP contribution >= 0.6 is 0 Å². The molecule has 0 aromatic heterocycles. The third-order valence-electron chi connectivity index (χ3n) is 2.97.